The SMILES string of the molecule is c1ccc(NCCCSCc2ccco2)cc1. The molecular weight excluding hydrogens is 230 g/mol. The molecule has 2 aromatic rings. The number of anilines is 1. The summed E-state index contributed by atoms with van der Waals surface area (Å²) in [5.41, 5.74) is 1.20. The van der Waals surface area contributed by atoms with E-state index in [-0.39, 0.29) is 0 Å². The average Bonchev–Trinajstić information content (AvgIpc) is 2.88. The van der Waals surface area contributed by atoms with Crippen molar-refractivity contribution in [2.75, 3.05) is 17.6 Å². The minimum absolute atomic E-state index is 0.971. The standard InChI is InChI=1S/C14H17NOS/c1-2-6-13(7-3-1)15-9-5-11-17-12-14-8-4-10-16-14/h1-4,6-8,10,15H,5,9,11-12H2. The summed E-state index contributed by atoms with van der Waals surface area (Å²) >= 11 is 1.91. The van der Waals surface area contributed by atoms with Crippen molar-refractivity contribution in [1.82, 2.24) is 0 Å². The van der Waals surface area contributed by atoms with Gasteiger partial charge in [-0.2, -0.15) is 11.8 Å². The van der Waals surface area contributed by atoms with Gasteiger partial charge in [-0.15, -0.1) is 0 Å². The lowest BCUT2D eigenvalue weighted by Crippen LogP contribution is -2.02. The summed E-state index contributed by atoms with van der Waals surface area (Å²) in [4.78, 5) is 0. The van der Waals surface area contributed by atoms with Crippen molar-refractivity contribution in [3.63, 3.8) is 0 Å². The maximum atomic E-state index is 5.27. The molecule has 0 saturated heterocycles. The summed E-state index contributed by atoms with van der Waals surface area (Å²) in [5, 5.41) is 3.40. The molecule has 0 saturated carbocycles. The number of hydrogen-bond acceptors (Lipinski definition) is 3. The quantitative estimate of drug-likeness (QED) is 0.748. The number of hydrogen-bond donors (Lipinski definition) is 1. The summed E-state index contributed by atoms with van der Waals surface area (Å²) in [7, 11) is 0. The molecule has 0 amide bonds. The van der Waals surface area contributed by atoms with Crippen molar-refractivity contribution in [2.45, 2.75) is 12.2 Å². The topological polar surface area (TPSA) is 25.2 Å². The lowest BCUT2D eigenvalue weighted by atomic mass is 10.3. The van der Waals surface area contributed by atoms with E-state index in [0.717, 1.165) is 23.8 Å². The van der Waals surface area contributed by atoms with Gasteiger partial charge < -0.3 is 9.73 Å². The molecule has 0 aliphatic carbocycles. The molecule has 0 spiro atoms. The van der Waals surface area contributed by atoms with Crippen molar-refractivity contribution >= 4 is 17.4 Å². The van der Waals surface area contributed by atoms with Gasteiger partial charge >= 0.3 is 0 Å². The van der Waals surface area contributed by atoms with Crippen LogP contribution in [0.2, 0.25) is 0 Å². The highest BCUT2D eigenvalue weighted by molar-refractivity contribution is 7.98. The summed E-state index contributed by atoms with van der Waals surface area (Å²) < 4.78 is 5.27. The Morgan fingerprint density at radius 2 is 1.94 bits per heavy atom. The Kier molecular flexibility index (Phi) is 5.04. The number of nitrogens with one attached hydrogen (secondary N) is 1. The molecule has 0 atom stereocenters. The van der Waals surface area contributed by atoms with E-state index >= 15 is 0 Å². The smallest absolute Gasteiger partial charge is 0.113 e. The largest absolute Gasteiger partial charge is 0.468 e. The van der Waals surface area contributed by atoms with Crippen LogP contribution in [-0.4, -0.2) is 12.3 Å². The van der Waals surface area contributed by atoms with Gasteiger partial charge in [-0.05, 0) is 36.4 Å². The summed E-state index contributed by atoms with van der Waals surface area (Å²) in [5.74, 6) is 3.19. The Labute approximate surface area is 106 Å². The Hall–Kier alpha value is -1.35. The molecule has 2 rings (SSSR count). The molecule has 90 valence electrons. The van der Waals surface area contributed by atoms with Gasteiger partial charge in [0.25, 0.3) is 0 Å². The molecule has 1 heterocycles. The number of thioether (sulfide) groups is 1. The number of benzene rings is 1. The fraction of sp³-hybridized carbons (Fsp3) is 0.286. The average molecular weight is 247 g/mol. The lowest BCUT2D eigenvalue weighted by Gasteiger charge is -2.05. The highest BCUT2D eigenvalue weighted by Gasteiger charge is 1.95. The lowest BCUT2D eigenvalue weighted by molar-refractivity contribution is 0.530. The van der Waals surface area contributed by atoms with E-state index in [4.69, 9.17) is 4.42 Å². The second-order valence-electron chi connectivity index (χ2n) is 3.78. The van der Waals surface area contributed by atoms with E-state index in [9.17, 15) is 0 Å². The van der Waals surface area contributed by atoms with Gasteiger partial charge in [-0.25, -0.2) is 0 Å². The second kappa shape index (κ2) is 7.07. The molecule has 0 bridgehead atoms. The minimum Gasteiger partial charge on any atom is -0.468 e. The van der Waals surface area contributed by atoms with Gasteiger partial charge in [0.15, 0.2) is 0 Å². The summed E-state index contributed by atoms with van der Waals surface area (Å²) in [6.07, 6.45) is 2.90. The van der Waals surface area contributed by atoms with Crippen LogP contribution in [0.25, 0.3) is 0 Å². The van der Waals surface area contributed by atoms with Gasteiger partial charge in [-0.3, -0.25) is 0 Å². The Balaban J connectivity index is 1.52. The van der Waals surface area contributed by atoms with E-state index in [1.54, 1.807) is 6.26 Å². The van der Waals surface area contributed by atoms with Gasteiger partial charge in [0.1, 0.15) is 5.76 Å². The van der Waals surface area contributed by atoms with Crippen LogP contribution in [0.4, 0.5) is 5.69 Å². The molecule has 0 fully saturated rings. The fourth-order valence-electron chi connectivity index (χ4n) is 1.53. The van der Waals surface area contributed by atoms with E-state index in [2.05, 4.69) is 17.4 Å². The van der Waals surface area contributed by atoms with Crippen LogP contribution in [0.1, 0.15) is 12.2 Å². The summed E-state index contributed by atoms with van der Waals surface area (Å²) in [6, 6.07) is 14.3. The molecule has 0 aliphatic heterocycles. The van der Waals surface area contributed by atoms with Gasteiger partial charge in [0, 0.05) is 12.2 Å². The van der Waals surface area contributed by atoms with Gasteiger partial charge in [-0.1, -0.05) is 18.2 Å². The van der Waals surface area contributed by atoms with E-state index in [1.807, 2.05) is 42.1 Å². The van der Waals surface area contributed by atoms with Crippen molar-refractivity contribution < 1.29 is 4.42 Å². The van der Waals surface area contributed by atoms with Gasteiger partial charge in [0.2, 0.25) is 0 Å². The van der Waals surface area contributed by atoms with Crippen LogP contribution in [-0.2, 0) is 5.75 Å². The highest BCUT2D eigenvalue weighted by Crippen LogP contribution is 2.13. The van der Waals surface area contributed by atoms with Crippen molar-refractivity contribution in [1.29, 1.82) is 0 Å². The molecule has 2 nitrogen and oxygen atoms in total. The molecule has 3 heteroatoms. The molecular formula is C14H17NOS. The van der Waals surface area contributed by atoms with Crippen LogP contribution in [0.5, 0.6) is 0 Å². The van der Waals surface area contributed by atoms with E-state index in [1.165, 1.54) is 12.1 Å². The molecule has 1 N–H and O–H groups in total. The third-order valence-corrected chi connectivity index (χ3v) is 3.46. The Morgan fingerprint density at radius 3 is 2.71 bits per heavy atom. The van der Waals surface area contributed by atoms with Crippen LogP contribution < -0.4 is 5.32 Å². The highest BCUT2D eigenvalue weighted by atomic mass is 32.2. The van der Waals surface area contributed by atoms with E-state index in [0.29, 0.717) is 0 Å². The van der Waals surface area contributed by atoms with Crippen molar-refractivity contribution in [2.24, 2.45) is 0 Å². The number of rotatable bonds is 7. The molecule has 0 aliphatic rings. The van der Waals surface area contributed by atoms with Crippen LogP contribution >= 0.6 is 11.8 Å². The molecule has 17 heavy (non-hydrogen) atoms. The Bertz CT molecular complexity index is 399. The zero-order chi connectivity index (χ0) is 11.8. The first-order chi connectivity index (χ1) is 8.45. The maximum absolute atomic E-state index is 5.27. The first kappa shape index (κ1) is 12.1. The maximum Gasteiger partial charge on any atom is 0.113 e. The van der Waals surface area contributed by atoms with Crippen LogP contribution in [0.3, 0.4) is 0 Å². The second-order valence-corrected chi connectivity index (χ2v) is 4.88. The molecule has 1 aromatic carbocycles. The molecule has 0 unspecified atom stereocenters. The third kappa shape index (κ3) is 4.57. The Morgan fingerprint density at radius 1 is 1.06 bits per heavy atom. The monoisotopic (exact) mass is 247 g/mol. The first-order valence-corrected chi connectivity index (χ1v) is 7.00. The molecule has 1 aromatic heterocycles. The number of para-hydroxylation sites is 1. The third-order valence-electron chi connectivity index (χ3n) is 2.39. The van der Waals surface area contributed by atoms with Crippen LogP contribution in [0, 0.1) is 0 Å². The summed E-state index contributed by atoms with van der Waals surface area (Å²) in [6.45, 7) is 1.02. The number of furan rings is 1. The first-order valence-electron chi connectivity index (χ1n) is 5.84. The van der Waals surface area contributed by atoms with Crippen molar-refractivity contribution in [3.05, 3.63) is 54.5 Å². The van der Waals surface area contributed by atoms with E-state index < -0.39 is 0 Å². The van der Waals surface area contributed by atoms with Crippen molar-refractivity contribution in [3.8, 4) is 0 Å². The van der Waals surface area contributed by atoms with Crippen LogP contribution in [0.15, 0.2) is 53.1 Å². The minimum atomic E-state index is 0.971. The predicted octanol–water partition coefficient (Wildman–Crippen LogP) is 4.02. The zero-order valence-corrected chi connectivity index (χ0v) is 10.6. The normalized spacial score (nSPS) is 10.4. The fourth-order valence-corrected chi connectivity index (χ4v) is 2.39. The zero-order valence-electron chi connectivity index (χ0n) is 9.76. The van der Waals surface area contributed by atoms with Gasteiger partial charge in [0.05, 0.1) is 12.0 Å². The predicted molar refractivity (Wildman–Crippen MR) is 74.4 cm³/mol. The molecule has 0 radical (unpaired) electrons.